The SMILES string of the molecule is CCCCCCCCC(=Nc1cc(CCCCC)cc(CCCCC)c1)C(CCCC)=Nc1cc(CCCCC)cc(CCCCC)c1.CCCc1c(C)cc([O-])c([O-])c1N(C)CC.[Ni+2]. The van der Waals surface area contributed by atoms with Gasteiger partial charge in [-0.1, -0.05) is 169 Å². The number of hydrogen-bond acceptors (Lipinski definition) is 5. The first-order chi connectivity index (χ1) is 31.1. The topological polar surface area (TPSA) is 74.1 Å². The van der Waals surface area contributed by atoms with E-state index in [9.17, 15) is 10.2 Å². The maximum atomic E-state index is 11.9. The largest absolute Gasteiger partial charge is 2.00 e. The van der Waals surface area contributed by atoms with Crippen LogP contribution in [0, 0.1) is 6.92 Å². The van der Waals surface area contributed by atoms with Crippen molar-refractivity contribution in [1.82, 2.24) is 0 Å². The first-order valence-electron chi connectivity index (χ1n) is 26.7. The summed E-state index contributed by atoms with van der Waals surface area (Å²) in [5.74, 6) is -0.758. The van der Waals surface area contributed by atoms with Crippen molar-refractivity contribution in [3.63, 3.8) is 0 Å². The molecule has 0 aliphatic rings. The van der Waals surface area contributed by atoms with Gasteiger partial charge in [0.25, 0.3) is 0 Å². The van der Waals surface area contributed by atoms with Crippen LogP contribution in [0.15, 0.2) is 52.4 Å². The average Bonchev–Trinajstić information content (AvgIpc) is 3.28. The Hall–Kier alpha value is -3.11. The summed E-state index contributed by atoms with van der Waals surface area (Å²) < 4.78 is 0. The molecule has 0 bridgehead atoms. The Bertz CT molecular complexity index is 1710. The molecule has 0 aromatic heterocycles. The molecule has 0 aliphatic carbocycles. The minimum atomic E-state index is -0.396. The van der Waals surface area contributed by atoms with E-state index in [1.807, 2.05) is 25.8 Å². The van der Waals surface area contributed by atoms with Crippen LogP contribution in [-0.4, -0.2) is 25.0 Å². The number of benzene rings is 3. The predicted molar refractivity (Wildman–Crippen MR) is 281 cm³/mol. The summed E-state index contributed by atoms with van der Waals surface area (Å²) in [6, 6.07) is 16.0. The van der Waals surface area contributed by atoms with E-state index in [0.717, 1.165) is 86.8 Å². The fraction of sp³-hybridized carbons (Fsp3) is 0.661. The van der Waals surface area contributed by atoms with Crippen molar-refractivity contribution in [2.45, 2.75) is 242 Å². The Labute approximate surface area is 411 Å². The Morgan fingerprint density at radius 1 is 0.446 bits per heavy atom. The Kier molecular flexibility index (Phi) is 34.1. The van der Waals surface area contributed by atoms with Crippen molar-refractivity contribution in [1.29, 1.82) is 0 Å². The molecular formula is C59H95N3NiO2. The summed E-state index contributed by atoms with van der Waals surface area (Å²) in [5, 5.41) is 23.4. The first kappa shape index (κ1) is 59.9. The Balaban J connectivity index is 0.00000104. The van der Waals surface area contributed by atoms with E-state index in [1.54, 1.807) is 0 Å². The second-order valence-electron chi connectivity index (χ2n) is 18.7. The van der Waals surface area contributed by atoms with Crippen LogP contribution in [0.4, 0.5) is 17.1 Å². The van der Waals surface area contributed by atoms with Crippen LogP contribution in [0.3, 0.4) is 0 Å². The molecule has 5 nitrogen and oxygen atoms in total. The zero-order valence-electron chi connectivity index (χ0n) is 43.5. The molecule has 0 saturated heterocycles. The molecule has 0 atom stereocenters. The minimum Gasteiger partial charge on any atom is -0.873 e. The monoisotopic (exact) mass is 936 g/mol. The average molecular weight is 937 g/mol. The summed E-state index contributed by atoms with van der Waals surface area (Å²) in [4.78, 5) is 13.0. The van der Waals surface area contributed by atoms with Crippen molar-refractivity contribution in [3.8, 4) is 11.5 Å². The number of aliphatic imine (C=N–C) groups is 2. The van der Waals surface area contributed by atoms with Crippen molar-refractivity contribution >= 4 is 28.5 Å². The third-order valence-electron chi connectivity index (χ3n) is 12.7. The van der Waals surface area contributed by atoms with Gasteiger partial charge in [0.05, 0.1) is 22.8 Å². The summed E-state index contributed by atoms with van der Waals surface area (Å²) in [5.41, 5.74) is 13.2. The summed E-state index contributed by atoms with van der Waals surface area (Å²) in [6.07, 6.45) is 34.0. The van der Waals surface area contributed by atoms with E-state index in [2.05, 4.69) is 84.9 Å². The van der Waals surface area contributed by atoms with E-state index in [0.29, 0.717) is 5.69 Å². The number of aryl methyl sites for hydroxylation is 5. The zero-order valence-corrected chi connectivity index (χ0v) is 44.5. The van der Waals surface area contributed by atoms with Crippen molar-refractivity contribution < 1.29 is 26.7 Å². The van der Waals surface area contributed by atoms with E-state index < -0.39 is 5.75 Å². The summed E-state index contributed by atoms with van der Waals surface area (Å²) in [7, 11) is 1.86. The van der Waals surface area contributed by atoms with E-state index in [1.165, 1.54) is 162 Å². The molecule has 0 unspecified atom stereocenters. The fourth-order valence-corrected chi connectivity index (χ4v) is 8.68. The number of nitrogens with zero attached hydrogens (tertiary/aromatic N) is 3. The van der Waals surface area contributed by atoms with Gasteiger partial charge in [0.2, 0.25) is 0 Å². The van der Waals surface area contributed by atoms with Crippen LogP contribution in [-0.2, 0) is 48.6 Å². The van der Waals surface area contributed by atoms with E-state index >= 15 is 0 Å². The predicted octanol–water partition coefficient (Wildman–Crippen LogP) is 17.0. The normalized spacial score (nSPS) is 11.7. The van der Waals surface area contributed by atoms with Crippen molar-refractivity contribution in [2.75, 3.05) is 18.5 Å². The van der Waals surface area contributed by atoms with Gasteiger partial charge in [0.1, 0.15) is 0 Å². The van der Waals surface area contributed by atoms with Gasteiger partial charge in [-0.15, -0.1) is 5.75 Å². The standard InChI is InChI=1S/C46H76N2.C13H21NO2.Ni/c1-7-13-19-20-21-26-32-46(48-44-37-41(29-24-16-10-4)34-42(38-44)30-25-17-11-5)45(31-18-12-6)47-43-35-39(27-22-14-8-2)33-40(36-43)28-23-15-9-3;1-5-7-10-9(3)8-11(15)13(16)12(10)14(4)6-2;/h33-38H,7-32H2,1-6H3;8,15-16H,5-7H2,1-4H3;/q;;+2/p-2. The molecule has 3 aromatic rings. The number of unbranched alkanes of at least 4 members (excludes halogenated alkanes) is 14. The molecule has 0 spiro atoms. The zero-order chi connectivity index (χ0) is 47.0. The minimum absolute atomic E-state index is 0. The van der Waals surface area contributed by atoms with Gasteiger partial charge < -0.3 is 15.1 Å². The molecule has 0 amide bonds. The second-order valence-corrected chi connectivity index (χ2v) is 18.7. The Morgan fingerprint density at radius 3 is 1.20 bits per heavy atom. The van der Waals surface area contributed by atoms with Gasteiger partial charge >= 0.3 is 16.5 Å². The van der Waals surface area contributed by atoms with Gasteiger partial charge in [-0.25, -0.2) is 0 Å². The van der Waals surface area contributed by atoms with Crippen LogP contribution in [0.2, 0.25) is 0 Å². The molecule has 0 saturated carbocycles. The molecule has 3 aromatic carbocycles. The van der Waals surface area contributed by atoms with Gasteiger partial charge in [0, 0.05) is 19.3 Å². The molecule has 0 heterocycles. The molecule has 368 valence electrons. The van der Waals surface area contributed by atoms with Crippen LogP contribution in [0.25, 0.3) is 0 Å². The van der Waals surface area contributed by atoms with Gasteiger partial charge in [-0.2, -0.15) is 0 Å². The van der Waals surface area contributed by atoms with Crippen LogP contribution < -0.4 is 15.1 Å². The van der Waals surface area contributed by atoms with Crippen LogP contribution in [0.5, 0.6) is 11.5 Å². The van der Waals surface area contributed by atoms with Crippen molar-refractivity contribution in [2.24, 2.45) is 9.98 Å². The van der Waals surface area contributed by atoms with Gasteiger partial charge in [-0.05, 0) is 155 Å². The molecule has 0 N–H and O–H groups in total. The van der Waals surface area contributed by atoms with Crippen LogP contribution in [0.1, 0.15) is 236 Å². The van der Waals surface area contributed by atoms with Crippen molar-refractivity contribution in [3.05, 3.63) is 75.8 Å². The van der Waals surface area contributed by atoms with Gasteiger partial charge in [-0.3, -0.25) is 9.98 Å². The molecule has 6 heteroatoms. The quantitative estimate of drug-likeness (QED) is 0.0347. The maximum absolute atomic E-state index is 11.9. The summed E-state index contributed by atoms with van der Waals surface area (Å²) >= 11 is 0. The summed E-state index contributed by atoms with van der Waals surface area (Å²) in [6.45, 7) is 20.5. The van der Waals surface area contributed by atoms with E-state index in [4.69, 9.17) is 9.98 Å². The van der Waals surface area contributed by atoms with E-state index in [-0.39, 0.29) is 22.2 Å². The molecular weight excluding hydrogens is 841 g/mol. The second kappa shape index (κ2) is 36.9. The molecule has 0 fully saturated rings. The van der Waals surface area contributed by atoms with Gasteiger partial charge in [0.15, 0.2) is 0 Å². The van der Waals surface area contributed by atoms with Crippen LogP contribution >= 0.6 is 0 Å². The fourth-order valence-electron chi connectivity index (χ4n) is 8.68. The third-order valence-corrected chi connectivity index (χ3v) is 12.7. The Morgan fingerprint density at radius 2 is 0.815 bits per heavy atom. The number of anilines is 1. The molecule has 3 rings (SSSR count). The molecule has 0 radical (unpaired) electrons. The number of rotatable bonds is 33. The maximum Gasteiger partial charge on any atom is 2.00 e. The molecule has 65 heavy (non-hydrogen) atoms. The first-order valence-corrected chi connectivity index (χ1v) is 26.7. The smallest absolute Gasteiger partial charge is 0.873 e. The third kappa shape index (κ3) is 24.0. The number of hydrogen-bond donors (Lipinski definition) is 0. The molecule has 0 aliphatic heterocycles.